The predicted molar refractivity (Wildman–Crippen MR) is 182 cm³/mol. The Labute approximate surface area is 280 Å². The van der Waals surface area contributed by atoms with E-state index in [-0.39, 0.29) is 45.5 Å². The van der Waals surface area contributed by atoms with E-state index < -0.39 is 40.3 Å². The van der Waals surface area contributed by atoms with Gasteiger partial charge in [-0.15, -0.1) is 0 Å². The van der Waals surface area contributed by atoms with Gasteiger partial charge in [-0.3, -0.25) is 9.59 Å². The van der Waals surface area contributed by atoms with Gasteiger partial charge in [0.25, 0.3) is 0 Å². The Kier molecular flexibility index (Phi) is 7.96. The highest BCUT2D eigenvalue weighted by Gasteiger charge is 2.72. The molecule has 5 aliphatic rings. The van der Waals surface area contributed by atoms with Gasteiger partial charge < -0.3 is 25.2 Å². The zero-order valence-corrected chi connectivity index (χ0v) is 29.6. The van der Waals surface area contributed by atoms with E-state index in [1.54, 1.807) is 30.4 Å². The molecule has 0 aliphatic heterocycles. The Morgan fingerprint density at radius 3 is 2.34 bits per heavy atom. The Bertz CT molecular complexity index is 1520. The highest BCUT2D eigenvalue weighted by Crippen LogP contribution is 2.76. The smallest absolute Gasteiger partial charge is 0.310 e. The number of fused-ring (bicyclic) bond motifs is 7. The Morgan fingerprint density at radius 2 is 1.68 bits per heavy atom. The minimum atomic E-state index is -1.11. The Balaban J connectivity index is 1.34. The van der Waals surface area contributed by atoms with Crippen molar-refractivity contribution in [1.29, 1.82) is 0 Å². The van der Waals surface area contributed by atoms with Crippen LogP contribution >= 0.6 is 0 Å². The van der Waals surface area contributed by atoms with Gasteiger partial charge in [-0.05, 0) is 121 Å². The number of benzene rings is 1. The molecule has 6 rings (SSSR count). The number of carboxylic acids is 1. The second-order valence-electron chi connectivity index (χ2n) is 17.6. The van der Waals surface area contributed by atoms with Gasteiger partial charge in [-0.2, -0.15) is 0 Å². The molecule has 0 unspecified atom stereocenters. The van der Waals surface area contributed by atoms with Gasteiger partial charge in [-0.25, -0.2) is 0 Å². The van der Waals surface area contributed by atoms with Crippen molar-refractivity contribution in [2.24, 2.45) is 56.7 Å². The molecule has 1 aromatic rings. The van der Waals surface area contributed by atoms with Crippen LogP contribution in [0.4, 0.5) is 0 Å². The minimum Gasteiger partial charge on any atom is -0.504 e. The van der Waals surface area contributed by atoms with Crippen molar-refractivity contribution in [1.82, 2.24) is 0 Å². The van der Waals surface area contributed by atoms with E-state index >= 15 is 0 Å². The van der Waals surface area contributed by atoms with Crippen molar-refractivity contribution in [3.63, 3.8) is 0 Å². The SMILES string of the molecule is COc1cc(/C=C\C(=O)[C@H]2[C@H](O)C[C@]3(C)[C@H]4CC=C5[C@H]6[C@](C(=O)O)(CC[C@@H](C)[C@@]6(C)O)CC[C@@]5(C)[C@]4(C)CC[C@H]3C2(C)C)ccc1O. The molecule has 0 heterocycles. The number of ether oxygens (including phenoxy) is 1. The molecule has 0 bridgehead atoms. The number of phenolic OH excluding ortho intramolecular Hbond substituents is 1. The van der Waals surface area contributed by atoms with Crippen LogP contribution in [0.25, 0.3) is 6.08 Å². The van der Waals surface area contributed by atoms with Gasteiger partial charge in [0.2, 0.25) is 0 Å². The number of phenols is 1. The van der Waals surface area contributed by atoms with Gasteiger partial charge in [0, 0.05) is 5.92 Å². The number of ketones is 1. The summed E-state index contributed by atoms with van der Waals surface area (Å²) in [5.41, 5.74) is -1.26. The third kappa shape index (κ3) is 4.57. The molecule has 258 valence electrons. The summed E-state index contributed by atoms with van der Waals surface area (Å²) in [5.74, 6) is -0.984. The topological polar surface area (TPSA) is 124 Å². The lowest BCUT2D eigenvalue weighted by molar-refractivity contribution is -0.224. The zero-order valence-electron chi connectivity index (χ0n) is 29.6. The van der Waals surface area contributed by atoms with Gasteiger partial charge in [0.1, 0.15) is 0 Å². The molecule has 7 heteroatoms. The minimum absolute atomic E-state index is 0.0101. The maximum Gasteiger partial charge on any atom is 0.310 e. The Morgan fingerprint density at radius 1 is 0.979 bits per heavy atom. The van der Waals surface area contributed by atoms with Crippen molar-refractivity contribution in [3.8, 4) is 11.5 Å². The molecular weight excluding hydrogens is 592 g/mol. The maximum atomic E-state index is 13.9. The molecule has 0 saturated heterocycles. The van der Waals surface area contributed by atoms with Crippen LogP contribution in [0.3, 0.4) is 0 Å². The number of rotatable bonds is 5. The summed E-state index contributed by atoms with van der Waals surface area (Å²) in [7, 11) is 1.49. The van der Waals surface area contributed by atoms with Crippen molar-refractivity contribution >= 4 is 17.8 Å². The van der Waals surface area contributed by atoms with Crippen molar-refractivity contribution in [2.75, 3.05) is 7.11 Å². The number of aliphatic hydroxyl groups is 2. The van der Waals surface area contributed by atoms with Gasteiger partial charge >= 0.3 is 5.97 Å². The number of hydrogen-bond donors (Lipinski definition) is 4. The third-order valence-corrected chi connectivity index (χ3v) is 15.4. The first-order valence-electron chi connectivity index (χ1n) is 17.7. The molecule has 47 heavy (non-hydrogen) atoms. The van der Waals surface area contributed by atoms with E-state index in [1.807, 2.05) is 6.92 Å². The van der Waals surface area contributed by atoms with E-state index in [1.165, 1.54) is 7.11 Å². The second kappa shape index (κ2) is 10.9. The summed E-state index contributed by atoms with van der Waals surface area (Å²) in [4.78, 5) is 26.9. The average molecular weight is 649 g/mol. The number of methoxy groups -OCH3 is 1. The summed E-state index contributed by atoms with van der Waals surface area (Å²) in [6.07, 6.45) is 10.7. The van der Waals surface area contributed by atoms with Crippen LogP contribution in [0.2, 0.25) is 0 Å². The number of carbonyl (C=O) groups is 2. The highest BCUT2D eigenvalue weighted by molar-refractivity contribution is 5.96. The van der Waals surface area contributed by atoms with Crippen molar-refractivity contribution in [3.05, 3.63) is 41.5 Å². The quantitative estimate of drug-likeness (QED) is 0.193. The van der Waals surface area contributed by atoms with Crippen molar-refractivity contribution < 1.29 is 34.8 Å². The third-order valence-electron chi connectivity index (χ3n) is 15.4. The molecule has 7 nitrogen and oxygen atoms in total. The number of aromatic hydroxyl groups is 1. The summed E-state index contributed by atoms with van der Waals surface area (Å²) in [6.45, 7) is 15.4. The van der Waals surface area contributed by atoms with Gasteiger partial charge in [0.15, 0.2) is 17.3 Å². The molecule has 0 aromatic heterocycles. The Hall–Kier alpha value is -2.64. The van der Waals surface area contributed by atoms with Crippen molar-refractivity contribution in [2.45, 2.75) is 112 Å². The molecule has 4 N–H and O–H groups in total. The summed E-state index contributed by atoms with van der Waals surface area (Å²) in [6, 6.07) is 4.96. The first-order valence-corrected chi connectivity index (χ1v) is 17.7. The molecular formula is C40H56O7. The monoisotopic (exact) mass is 648 g/mol. The summed E-state index contributed by atoms with van der Waals surface area (Å²) < 4.78 is 5.23. The largest absolute Gasteiger partial charge is 0.504 e. The van der Waals surface area contributed by atoms with E-state index in [4.69, 9.17) is 4.74 Å². The van der Waals surface area contributed by atoms with Crippen LogP contribution in [0.15, 0.2) is 35.9 Å². The van der Waals surface area contributed by atoms with E-state index in [9.17, 15) is 30.0 Å². The number of aliphatic hydroxyl groups excluding tert-OH is 1. The van der Waals surface area contributed by atoms with Crippen LogP contribution in [0, 0.1) is 56.7 Å². The lowest BCUT2D eigenvalue weighted by atomic mass is 9.32. The average Bonchev–Trinajstić information content (AvgIpc) is 2.98. The fourth-order valence-electron chi connectivity index (χ4n) is 12.6. The fourth-order valence-corrected chi connectivity index (χ4v) is 12.6. The lowest BCUT2D eigenvalue weighted by Gasteiger charge is -2.72. The van der Waals surface area contributed by atoms with Crippen LogP contribution in [0.5, 0.6) is 11.5 Å². The number of carboxylic acid groups (broad SMARTS) is 1. The molecule has 0 amide bonds. The maximum absolute atomic E-state index is 13.9. The molecule has 5 aliphatic carbocycles. The molecule has 4 fully saturated rings. The fraction of sp³-hybridized carbons (Fsp3) is 0.700. The first-order chi connectivity index (χ1) is 21.8. The first kappa shape index (κ1) is 34.2. The van der Waals surface area contributed by atoms with E-state index in [2.05, 4.69) is 47.6 Å². The van der Waals surface area contributed by atoms with E-state index in [0.29, 0.717) is 31.4 Å². The molecule has 4 saturated carbocycles. The lowest BCUT2D eigenvalue weighted by Crippen LogP contribution is -2.68. The van der Waals surface area contributed by atoms with Crippen LogP contribution in [-0.4, -0.2) is 51.0 Å². The number of allylic oxidation sites excluding steroid dienone is 2. The molecule has 1 aromatic carbocycles. The zero-order chi connectivity index (χ0) is 34.5. The molecule has 0 radical (unpaired) electrons. The van der Waals surface area contributed by atoms with Gasteiger partial charge in [0.05, 0.1) is 30.1 Å². The number of aliphatic carboxylic acids is 1. The predicted octanol–water partition coefficient (Wildman–Crippen LogP) is 7.43. The van der Waals surface area contributed by atoms with Crippen LogP contribution in [-0.2, 0) is 9.59 Å². The summed E-state index contributed by atoms with van der Waals surface area (Å²) >= 11 is 0. The standard InChI is InChI=1S/C40H56O7/c1-23-15-18-40(34(44)45)20-19-37(5)25(33(40)39(23,7)46)11-14-31-36(4)22-28(43)32(35(2,3)30(36)16-17-38(31,37)6)27(42)13-10-24-9-12-26(41)29(21-24)47-8/h9-13,21,23,28,30-33,41,43,46H,14-20,22H2,1-8H3,(H,44,45)/b13-10-/t23-,28-,30+,31-,32+,33-,36+,37-,38-,39-,40+/m1/s1. The van der Waals surface area contributed by atoms with Gasteiger partial charge in [-0.1, -0.05) is 65.3 Å². The number of hydrogen-bond acceptors (Lipinski definition) is 6. The van der Waals surface area contributed by atoms with E-state index in [0.717, 1.165) is 36.8 Å². The second-order valence-corrected chi connectivity index (χ2v) is 17.6. The molecule has 11 atom stereocenters. The molecule has 0 spiro atoms. The van der Waals surface area contributed by atoms with Crippen LogP contribution < -0.4 is 4.74 Å². The van der Waals surface area contributed by atoms with Crippen LogP contribution in [0.1, 0.15) is 105 Å². The number of carbonyl (C=O) groups excluding carboxylic acids is 1. The summed E-state index contributed by atoms with van der Waals surface area (Å²) in [5, 5.41) is 44.6. The highest BCUT2D eigenvalue weighted by atomic mass is 16.5. The normalized spacial score (nSPS) is 45.5.